The predicted octanol–water partition coefficient (Wildman–Crippen LogP) is 2.17. The molecular formula is C13H12F3N3O2S. The van der Waals surface area contributed by atoms with Gasteiger partial charge < -0.3 is 16.0 Å². The minimum absolute atomic E-state index is 0.00659. The van der Waals surface area contributed by atoms with Crippen molar-refractivity contribution < 1.29 is 22.8 Å². The third kappa shape index (κ3) is 7.44. The van der Waals surface area contributed by atoms with E-state index in [1.54, 1.807) is 0 Å². The number of carbonyl (C=O) groups is 2. The maximum Gasteiger partial charge on any atom is 0.446 e. The lowest BCUT2D eigenvalue weighted by atomic mass is 10.3. The number of hydrogen-bond acceptors (Lipinski definition) is 3. The number of carbonyl (C=O) groups excluding carboxylic acids is 2. The van der Waals surface area contributed by atoms with Crippen LogP contribution in [0.25, 0.3) is 0 Å². The van der Waals surface area contributed by atoms with Crippen LogP contribution in [0.2, 0.25) is 0 Å². The highest BCUT2D eigenvalue weighted by Crippen LogP contribution is 2.36. The molecule has 22 heavy (non-hydrogen) atoms. The highest BCUT2D eigenvalue weighted by atomic mass is 32.2. The van der Waals surface area contributed by atoms with Crippen molar-refractivity contribution in [3.63, 3.8) is 0 Å². The minimum atomic E-state index is -4.36. The van der Waals surface area contributed by atoms with Gasteiger partial charge in [-0.15, -0.1) is 6.42 Å². The van der Waals surface area contributed by atoms with Gasteiger partial charge in [-0.05, 0) is 36.0 Å². The van der Waals surface area contributed by atoms with Gasteiger partial charge in [-0.1, -0.05) is 5.92 Å². The number of terminal acetylenes is 1. The molecule has 5 nitrogen and oxygen atoms in total. The zero-order valence-electron chi connectivity index (χ0n) is 11.2. The zero-order chi connectivity index (χ0) is 16.6. The lowest BCUT2D eigenvalue weighted by molar-refractivity contribution is -0.119. The van der Waals surface area contributed by atoms with E-state index >= 15 is 0 Å². The molecule has 1 aromatic carbocycles. The van der Waals surface area contributed by atoms with Gasteiger partial charge in [-0.25, -0.2) is 4.79 Å². The molecule has 0 spiro atoms. The van der Waals surface area contributed by atoms with Crippen LogP contribution in [0.5, 0.6) is 0 Å². The van der Waals surface area contributed by atoms with Crippen LogP contribution in [0.15, 0.2) is 29.2 Å². The van der Waals surface area contributed by atoms with Gasteiger partial charge in [0.1, 0.15) is 0 Å². The molecule has 0 aliphatic carbocycles. The van der Waals surface area contributed by atoms with E-state index in [0.717, 1.165) is 0 Å². The second kappa shape index (κ2) is 8.19. The van der Waals surface area contributed by atoms with E-state index in [-0.39, 0.29) is 29.7 Å². The average Bonchev–Trinajstić information content (AvgIpc) is 2.43. The van der Waals surface area contributed by atoms with Crippen molar-refractivity contribution in [3.05, 3.63) is 24.3 Å². The summed E-state index contributed by atoms with van der Waals surface area (Å²) in [5.74, 6) is 1.75. The van der Waals surface area contributed by atoms with Crippen LogP contribution in [-0.4, -0.2) is 30.5 Å². The highest BCUT2D eigenvalue weighted by molar-refractivity contribution is 8.00. The zero-order valence-corrected chi connectivity index (χ0v) is 12.0. The number of benzene rings is 1. The minimum Gasteiger partial charge on any atom is -0.344 e. The maximum atomic E-state index is 12.1. The SMILES string of the molecule is C#CCNC(=O)CNC(=O)Nc1ccc(SC(F)(F)F)cc1. The Bertz CT molecular complexity index is 567. The van der Waals surface area contributed by atoms with Crippen molar-refractivity contribution in [3.8, 4) is 12.3 Å². The van der Waals surface area contributed by atoms with E-state index in [2.05, 4.69) is 21.9 Å². The molecule has 118 valence electrons. The molecule has 9 heteroatoms. The van der Waals surface area contributed by atoms with Crippen molar-refractivity contribution in [1.82, 2.24) is 10.6 Å². The Morgan fingerprint density at radius 2 is 1.82 bits per heavy atom. The molecule has 1 aromatic rings. The number of hydrogen-bond donors (Lipinski definition) is 3. The number of halogens is 3. The topological polar surface area (TPSA) is 70.2 Å². The Balaban J connectivity index is 2.42. The van der Waals surface area contributed by atoms with Gasteiger partial charge in [0.05, 0.1) is 13.1 Å². The molecule has 0 fully saturated rings. The largest absolute Gasteiger partial charge is 0.446 e. The molecule has 0 atom stereocenters. The molecule has 0 aliphatic heterocycles. The second-order valence-corrected chi connectivity index (χ2v) is 5.00. The molecule has 3 N–H and O–H groups in total. The Morgan fingerprint density at radius 1 is 1.18 bits per heavy atom. The van der Waals surface area contributed by atoms with E-state index in [1.165, 1.54) is 24.3 Å². The number of thioether (sulfide) groups is 1. The summed E-state index contributed by atoms with van der Waals surface area (Å²) in [7, 11) is 0. The van der Waals surface area contributed by atoms with Crippen LogP contribution >= 0.6 is 11.8 Å². The summed E-state index contributed by atoms with van der Waals surface area (Å²) in [4.78, 5) is 22.7. The van der Waals surface area contributed by atoms with Crippen LogP contribution < -0.4 is 16.0 Å². The fourth-order valence-electron chi connectivity index (χ4n) is 1.29. The van der Waals surface area contributed by atoms with Crippen molar-refractivity contribution in [2.45, 2.75) is 10.4 Å². The van der Waals surface area contributed by atoms with Gasteiger partial charge in [-0.2, -0.15) is 13.2 Å². The average molecular weight is 331 g/mol. The molecule has 0 heterocycles. The molecule has 1 rings (SSSR count). The summed E-state index contributed by atoms with van der Waals surface area (Å²) in [5.41, 5.74) is -4.06. The Labute approximate surface area is 129 Å². The second-order valence-electron chi connectivity index (χ2n) is 3.86. The summed E-state index contributed by atoms with van der Waals surface area (Å²) < 4.78 is 36.4. The van der Waals surface area contributed by atoms with Crippen LogP contribution in [0.4, 0.5) is 23.7 Å². The first-order chi connectivity index (χ1) is 10.3. The molecule has 0 aromatic heterocycles. The summed E-state index contributed by atoms with van der Waals surface area (Å²) >= 11 is -0.247. The van der Waals surface area contributed by atoms with Crippen molar-refractivity contribution in [1.29, 1.82) is 0 Å². The van der Waals surface area contributed by atoms with E-state index < -0.39 is 17.4 Å². The Morgan fingerprint density at radius 3 is 2.36 bits per heavy atom. The Hall–Kier alpha value is -2.34. The van der Waals surface area contributed by atoms with Crippen LogP contribution in [-0.2, 0) is 4.79 Å². The van der Waals surface area contributed by atoms with E-state index in [1.807, 2.05) is 0 Å². The highest BCUT2D eigenvalue weighted by Gasteiger charge is 2.28. The predicted molar refractivity (Wildman–Crippen MR) is 77.2 cm³/mol. The van der Waals surface area contributed by atoms with Crippen LogP contribution in [0.3, 0.4) is 0 Å². The first kappa shape index (κ1) is 17.7. The third-order valence-electron chi connectivity index (χ3n) is 2.14. The van der Waals surface area contributed by atoms with Gasteiger partial charge in [0.25, 0.3) is 0 Å². The molecular weight excluding hydrogens is 319 g/mol. The smallest absolute Gasteiger partial charge is 0.344 e. The lowest BCUT2D eigenvalue weighted by Gasteiger charge is -2.09. The van der Waals surface area contributed by atoms with E-state index in [9.17, 15) is 22.8 Å². The molecule has 3 amide bonds. The molecule has 0 bridgehead atoms. The monoisotopic (exact) mass is 331 g/mol. The summed E-state index contributed by atoms with van der Waals surface area (Å²) in [5, 5.41) is 7.01. The Kier molecular flexibility index (Phi) is 6.59. The van der Waals surface area contributed by atoms with Gasteiger partial charge in [0.2, 0.25) is 5.91 Å². The fourth-order valence-corrected chi connectivity index (χ4v) is 1.83. The van der Waals surface area contributed by atoms with Crippen molar-refractivity contribution >= 4 is 29.4 Å². The number of anilines is 1. The number of nitrogens with one attached hydrogen (secondary N) is 3. The fraction of sp³-hybridized carbons (Fsp3) is 0.231. The number of urea groups is 1. The maximum absolute atomic E-state index is 12.1. The van der Waals surface area contributed by atoms with Crippen molar-refractivity contribution in [2.24, 2.45) is 0 Å². The molecule has 0 saturated carbocycles. The number of amides is 3. The van der Waals surface area contributed by atoms with Crippen LogP contribution in [0, 0.1) is 12.3 Å². The van der Waals surface area contributed by atoms with Crippen molar-refractivity contribution in [2.75, 3.05) is 18.4 Å². The van der Waals surface area contributed by atoms with Gasteiger partial charge in [-0.3, -0.25) is 4.79 Å². The molecule has 0 unspecified atom stereocenters. The molecule has 0 aliphatic rings. The summed E-state index contributed by atoms with van der Waals surface area (Å²) in [6.07, 6.45) is 4.95. The first-order valence-electron chi connectivity index (χ1n) is 5.91. The molecule has 0 saturated heterocycles. The quantitative estimate of drug-likeness (QED) is 0.572. The lowest BCUT2D eigenvalue weighted by Crippen LogP contribution is -2.39. The normalized spacial score (nSPS) is 10.5. The third-order valence-corrected chi connectivity index (χ3v) is 2.88. The van der Waals surface area contributed by atoms with E-state index in [4.69, 9.17) is 6.42 Å². The standard InChI is InChI=1S/C13H12F3N3O2S/c1-2-7-17-11(20)8-18-12(21)19-9-3-5-10(6-4-9)22-13(14,15)16/h1,3-6H,7-8H2,(H,17,20)(H2,18,19,21). The summed E-state index contributed by atoms with van der Waals surface area (Å²) in [6, 6.07) is 4.45. The molecule has 0 radical (unpaired) electrons. The van der Waals surface area contributed by atoms with Gasteiger partial charge in [0.15, 0.2) is 0 Å². The van der Waals surface area contributed by atoms with Gasteiger partial charge >= 0.3 is 11.5 Å². The van der Waals surface area contributed by atoms with Gasteiger partial charge in [0, 0.05) is 10.6 Å². The van der Waals surface area contributed by atoms with E-state index in [0.29, 0.717) is 5.69 Å². The number of rotatable bonds is 5. The number of alkyl halides is 3. The van der Waals surface area contributed by atoms with Crippen LogP contribution in [0.1, 0.15) is 0 Å². The first-order valence-corrected chi connectivity index (χ1v) is 6.72. The summed E-state index contributed by atoms with van der Waals surface area (Å²) in [6.45, 7) is -0.212.